The zero-order chi connectivity index (χ0) is 19.8. The average molecular weight is 378 g/mol. The number of hydrogen-bond donors (Lipinski definition) is 2. The van der Waals surface area contributed by atoms with Crippen LogP contribution in [-0.4, -0.2) is 45.6 Å². The van der Waals surface area contributed by atoms with Crippen LogP contribution in [0.3, 0.4) is 0 Å². The van der Waals surface area contributed by atoms with E-state index in [1.807, 2.05) is 62.5 Å². The first-order valence-corrected chi connectivity index (χ1v) is 9.32. The van der Waals surface area contributed by atoms with Crippen LogP contribution in [0, 0.1) is 0 Å². The number of likely N-dealkylation sites (N-methyl/N-ethyl adjacent to an activating group) is 1. The molecule has 0 unspecified atom stereocenters. The lowest BCUT2D eigenvalue weighted by molar-refractivity contribution is 0.241. The van der Waals surface area contributed by atoms with Crippen molar-refractivity contribution < 1.29 is 4.79 Å². The molecule has 0 spiro atoms. The zero-order valence-electron chi connectivity index (χ0n) is 16.2. The van der Waals surface area contributed by atoms with E-state index in [1.54, 1.807) is 10.9 Å². The van der Waals surface area contributed by atoms with Crippen LogP contribution in [-0.2, 0) is 13.1 Å². The van der Waals surface area contributed by atoms with E-state index in [9.17, 15) is 4.79 Å². The van der Waals surface area contributed by atoms with Gasteiger partial charge in [-0.05, 0) is 25.1 Å². The second-order valence-electron chi connectivity index (χ2n) is 6.97. The van der Waals surface area contributed by atoms with E-state index in [0.29, 0.717) is 12.4 Å². The van der Waals surface area contributed by atoms with Gasteiger partial charge in [0.15, 0.2) is 5.82 Å². The number of nitrogens with one attached hydrogen (secondary N) is 2. The fourth-order valence-corrected chi connectivity index (χ4v) is 3.05. The Balaban J connectivity index is 1.43. The highest BCUT2D eigenvalue weighted by Gasteiger charge is 2.12. The molecule has 28 heavy (non-hydrogen) atoms. The van der Waals surface area contributed by atoms with Crippen LogP contribution < -0.4 is 10.6 Å². The van der Waals surface area contributed by atoms with Gasteiger partial charge in [-0.3, -0.25) is 5.32 Å². The van der Waals surface area contributed by atoms with Crippen molar-refractivity contribution in [2.45, 2.75) is 26.1 Å². The molecule has 3 aromatic rings. The fraction of sp³-hybridized carbons (Fsp3) is 0.286. The van der Waals surface area contributed by atoms with Crippen LogP contribution in [0.5, 0.6) is 0 Å². The molecule has 2 aromatic carbocycles. The highest BCUT2D eigenvalue weighted by molar-refractivity contribution is 5.88. The van der Waals surface area contributed by atoms with E-state index in [0.717, 1.165) is 18.7 Å². The second-order valence-corrected chi connectivity index (χ2v) is 6.97. The van der Waals surface area contributed by atoms with Crippen LogP contribution in [0.2, 0.25) is 0 Å². The molecule has 2 amide bonds. The number of amides is 2. The predicted molar refractivity (Wildman–Crippen MR) is 110 cm³/mol. The van der Waals surface area contributed by atoms with Crippen LogP contribution in [0.4, 0.5) is 10.6 Å². The number of urea groups is 1. The Morgan fingerprint density at radius 3 is 2.39 bits per heavy atom. The first-order valence-electron chi connectivity index (χ1n) is 9.32. The Morgan fingerprint density at radius 2 is 1.71 bits per heavy atom. The van der Waals surface area contributed by atoms with Gasteiger partial charge >= 0.3 is 6.03 Å². The quantitative estimate of drug-likeness (QED) is 0.632. The Morgan fingerprint density at radius 1 is 1.07 bits per heavy atom. The molecule has 7 heteroatoms. The molecule has 2 N–H and O–H groups in total. The molecule has 0 saturated carbocycles. The van der Waals surface area contributed by atoms with Crippen LogP contribution in [0.1, 0.15) is 18.1 Å². The number of aromatic nitrogens is 3. The minimum Gasteiger partial charge on any atom is -0.334 e. The molecule has 0 radical (unpaired) electrons. The van der Waals surface area contributed by atoms with Crippen LogP contribution in [0.25, 0.3) is 0 Å². The average Bonchev–Trinajstić information content (AvgIpc) is 3.09. The zero-order valence-corrected chi connectivity index (χ0v) is 16.2. The minimum atomic E-state index is -0.285. The van der Waals surface area contributed by atoms with E-state index in [2.05, 4.69) is 38.0 Å². The second kappa shape index (κ2) is 9.66. The number of hydrogen-bond acceptors (Lipinski definition) is 4. The molecular formula is C21H26N6O. The first-order chi connectivity index (χ1) is 13.6. The SMILES string of the molecule is C[C@@H](CN(C)Cc1ccccc1)NC(=O)Nc1cn(Cc2ccccc2)nn1. The van der Waals surface area contributed by atoms with Crippen molar-refractivity contribution >= 4 is 11.8 Å². The summed E-state index contributed by atoms with van der Waals surface area (Å²) in [5.41, 5.74) is 2.37. The molecular weight excluding hydrogens is 352 g/mol. The van der Waals surface area contributed by atoms with Gasteiger partial charge in [-0.2, -0.15) is 0 Å². The van der Waals surface area contributed by atoms with E-state index in [-0.39, 0.29) is 12.1 Å². The summed E-state index contributed by atoms with van der Waals surface area (Å²) < 4.78 is 1.70. The number of carbonyl (C=O) groups is 1. The molecule has 0 aliphatic carbocycles. The standard InChI is InChI=1S/C21H26N6O/c1-17(13-26(2)14-18-9-5-3-6-10-18)22-21(28)23-20-16-27(25-24-20)15-19-11-7-4-8-12-19/h3-12,16-17H,13-15H2,1-2H3,(H2,22,23,28)/t17-/m0/s1. The summed E-state index contributed by atoms with van der Waals surface area (Å²) in [4.78, 5) is 14.4. The largest absolute Gasteiger partial charge is 0.334 e. The van der Waals surface area contributed by atoms with Gasteiger partial charge < -0.3 is 10.2 Å². The lowest BCUT2D eigenvalue weighted by atomic mass is 10.2. The lowest BCUT2D eigenvalue weighted by Gasteiger charge is -2.22. The smallest absolute Gasteiger partial charge is 0.320 e. The van der Waals surface area contributed by atoms with Crippen LogP contribution >= 0.6 is 0 Å². The number of rotatable bonds is 8. The highest BCUT2D eigenvalue weighted by Crippen LogP contribution is 2.06. The normalized spacial score (nSPS) is 12.0. The van der Waals surface area contributed by atoms with Gasteiger partial charge in [0.25, 0.3) is 0 Å². The third kappa shape index (κ3) is 6.21. The summed E-state index contributed by atoms with van der Waals surface area (Å²) >= 11 is 0. The number of nitrogens with zero attached hydrogens (tertiary/aromatic N) is 4. The molecule has 1 heterocycles. The van der Waals surface area contributed by atoms with E-state index in [1.165, 1.54) is 5.56 Å². The third-order valence-electron chi connectivity index (χ3n) is 4.23. The monoisotopic (exact) mass is 378 g/mol. The Hall–Kier alpha value is -3.19. The fourth-order valence-electron chi connectivity index (χ4n) is 3.05. The number of anilines is 1. The molecule has 0 aliphatic heterocycles. The first kappa shape index (κ1) is 19.6. The van der Waals surface area contributed by atoms with Gasteiger partial charge in [-0.15, -0.1) is 5.10 Å². The van der Waals surface area contributed by atoms with Crippen molar-refractivity contribution in [1.82, 2.24) is 25.2 Å². The maximum atomic E-state index is 12.2. The van der Waals surface area contributed by atoms with Crippen LogP contribution in [0.15, 0.2) is 66.9 Å². The predicted octanol–water partition coefficient (Wildman–Crippen LogP) is 2.97. The molecule has 146 valence electrons. The molecule has 0 saturated heterocycles. The summed E-state index contributed by atoms with van der Waals surface area (Å²) in [7, 11) is 2.04. The Labute approximate surface area is 165 Å². The van der Waals surface area contributed by atoms with E-state index >= 15 is 0 Å². The van der Waals surface area contributed by atoms with Crippen molar-refractivity contribution in [3.8, 4) is 0 Å². The van der Waals surface area contributed by atoms with Gasteiger partial charge in [0.05, 0.1) is 12.7 Å². The van der Waals surface area contributed by atoms with Gasteiger partial charge in [0.1, 0.15) is 0 Å². The number of benzene rings is 2. The topological polar surface area (TPSA) is 75.1 Å². The lowest BCUT2D eigenvalue weighted by Crippen LogP contribution is -2.42. The molecule has 7 nitrogen and oxygen atoms in total. The summed E-state index contributed by atoms with van der Waals surface area (Å²) in [6.07, 6.45) is 1.72. The molecule has 3 rings (SSSR count). The van der Waals surface area contributed by atoms with Gasteiger partial charge in [0.2, 0.25) is 0 Å². The summed E-state index contributed by atoms with van der Waals surface area (Å²) in [6, 6.07) is 20.0. The van der Waals surface area contributed by atoms with Crippen molar-refractivity contribution in [2.24, 2.45) is 0 Å². The van der Waals surface area contributed by atoms with Gasteiger partial charge in [-0.1, -0.05) is 65.9 Å². The summed E-state index contributed by atoms with van der Waals surface area (Å²) in [5.74, 6) is 0.429. The molecule has 1 atom stereocenters. The van der Waals surface area contributed by atoms with Crippen molar-refractivity contribution in [3.63, 3.8) is 0 Å². The maximum Gasteiger partial charge on any atom is 0.320 e. The molecule has 0 aliphatic rings. The molecule has 1 aromatic heterocycles. The highest BCUT2D eigenvalue weighted by atomic mass is 16.2. The molecule has 0 bridgehead atoms. The van der Waals surface area contributed by atoms with Crippen molar-refractivity contribution in [2.75, 3.05) is 18.9 Å². The Bertz CT molecular complexity index is 865. The van der Waals surface area contributed by atoms with E-state index < -0.39 is 0 Å². The third-order valence-corrected chi connectivity index (χ3v) is 4.23. The van der Waals surface area contributed by atoms with Crippen molar-refractivity contribution in [3.05, 3.63) is 78.0 Å². The maximum absolute atomic E-state index is 12.2. The Kier molecular flexibility index (Phi) is 6.75. The van der Waals surface area contributed by atoms with Crippen molar-refractivity contribution in [1.29, 1.82) is 0 Å². The van der Waals surface area contributed by atoms with Gasteiger partial charge in [0, 0.05) is 19.1 Å². The summed E-state index contributed by atoms with van der Waals surface area (Å²) in [5, 5.41) is 13.7. The minimum absolute atomic E-state index is 0.00641. The van der Waals surface area contributed by atoms with E-state index in [4.69, 9.17) is 0 Å². The molecule has 0 fully saturated rings. The van der Waals surface area contributed by atoms with Gasteiger partial charge in [-0.25, -0.2) is 9.48 Å². The number of carbonyl (C=O) groups excluding carboxylic acids is 1. The summed E-state index contributed by atoms with van der Waals surface area (Å²) in [6.45, 7) is 4.16.